The van der Waals surface area contributed by atoms with E-state index in [1.165, 1.54) is 18.7 Å². The normalized spacial score (nSPS) is 15.4. The summed E-state index contributed by atoms with van der Waals surface area (Å²) in [6, 6.07) is -4.46. The van der Waals surface area contributed by atoms with Crippen molar-refractivity contribution in [2.75, 3.05) is 18.6 Å². The Hall–Kier alpha value is -2.58. The molecule has 0 aliphatic rings. The molecule has 0 aromatic heterocycles. The summed E-state index contributed by atoms with van der Waals surface area (Å²) in [4.78, 5) is 53.4. The average Bonchev–Trinajstić information content (AvgIpc) is 2.75. The van der Waals surface area contributed by atoms with Gasteiger partial charge in [0.2, 0.25) is 17.7 Å². The van der Waals surface area contributed by atoms with Gasteiger partial charge in [0.05, 0.1) is 6.10 Å². The summed E-state index contributed by atoms with van der Waals surface area (Å²) in [5.74, 6) is -3.18. The Labute approximate surface area is 204 Å². The zero-order valence-electron chi connectivity index (χ0n) is 20.1. The first-order valence-electron chi connectivity index (χ1n) is 10.9. The highest BCUT2D eigenvalue weighted by molar-refractivity contribution is 7.98. The average molecular weight is 506 g/mol. The fourth-order valence-corrected chi connectivity index (χ4v) is 3.27. The number of thioether (sulfide) groups is 1. The minimum atomic E-state index is -1.23. The molecule has 0 radical (unpaired) electrons. The molecule has 0 saturated carbocycles. The Kier molecular flexibility index (Phi) is 14.9. The van der Waals surface area contributed by atoms with Gasteiger partial charge in [-0.15, -0.1) is 0 Å². The van der Waals surface area contributed by atoms with E-state index in [0.29, 0.717) is 12.2 Å². The minimum absolute atomic E-state index is 0.0836. The summed E-state index contributed by atoms with van der Waals surface area (Å²) < 4.78 is 0. The van der Waals surface area contributed by atoms with Gasteiger partial charge in [0.25, 0.3) is 0 Å². The van der Waals surface area contributed by atoms with E-state index in [0.717, 1.165) is 0 Å². The molecule has 0 rings (SSSR count). The number of hydrogen-bond acceptors (Lipinski definition) is 8. The van der Waals surface area contributed by atoms with E-state index < -0.39 is 54.0 Å². The molecule has 5 unspecified atom stereocenters. The van der Waals surface area contributed by atoms with Gasteiger partial charge in [0, 0.05) is 6.54 Å². The van der Waals surface area contributed by atoms with Crippen molar-refractivity contribution in [1.82, 2.24) is 16.0 Å². The number of aliphatic imine (C=N–C) groups is 1. The lowest BCUT2D eigenvalue weighted by atomic mass is 10.0. The molecule has 0 saturated heterocycles. The number of guanidine groups is 1. The van der Waals surface area contributed by atoms with E-state index in [9.17, 15) is 29.4 Å². The number of nitrogens with zero attached hydrogens (tertiary/aromatic N) is 1. The fourth-order valence-electron chi connectivity index (χ4n) is 2.80. The lowest BCUT2D eigenvalue weighted by Gasteiger charge is -2.27. The van der Waals surface area contributed by atoms with Crippen molar-refractivity contribution in [3.63, 3.8) is 0 Å². The van der Waals surface area contributed by atoms with E-state index in [1.807, 2.05) is 6.26 Å². The third-order valence-electron chi connectivity index (χ3n) is 4.87. The fraction of sp³-hybridized carbons (Fsp3) is 0.750. The Morgan fingerprint density at radius 1 is 0.941 bits per heavy atom. The van der Waals surface area contributed by atoms with Crippen LogP contribution in [0.5, 0.6) is 0 Å². The van der Waals surface area contributed by atoms with Crippen LogP contribution in [0.25, 0.3) is 0 Å². The first kappa shape index (κ1) is 31.4. The standard InChI is InChI=1S/C20H39N7O6S/c1-10(2)15(18(31)26-13(19(32)33)6-5-8-24-20(22)23)27-16(29)12(7-9-34-4)25-17(30)14(21)11(3)28/h10-15,28H,5-9,21H2,1-4H3,(H,25,30)(H,26,31)(H,27,29)(H,32,33)(H4,22,23,24). The number of hydrogen-bond donors (Lipinski definition) is 8. The van der Waals surface area contributed by atoms with Crippen LogP contribution in [0.2, 0.25) is 0 Å². The second kappa shape index (κ2) is 16.1. The van der Waals surface area contributed by atoms with Gasteiger partial charge in [-0.05, 0) is 44.1 Å². The van der Waals surface area contributed by atoms with Crippen molar-refractivity contribution >= 4 is 41.4 Å². The molecule has 0 aromatic carbocycles. The lowest BCUT2D eigenvalue weighted by Crippen LogP contribution is -2.59. The number of aliphatic carboxylic acids is 1. The van der Waals surface area contributed by atoms with Gasteiger partial charge in [-0.3, -0.25) is 19.4 Å². The second-order valence-corrected chi connectivity index (χ2v) is 9.17. The zero-order chi connectivity index (χ0) is 26.4. The zero-order valence-corrected chi connectivity index (χ0v) is 20.9. The van der Waals surface area contributed by atoms with Crippen LogP contribution < -0.4 is 33.2 Å². The summed E-state index contributed by atoms with van der Waals surface area (Å²) in [5, 5.41) is 26.5. The van der Waals surface area contributed by atoms with Crippen molar-refractivity contribution in [3.05, 3.63) is 0 Å². The molecule has 0 aromatic rings. The molecule has 14 heteroatoms. The number of carbonyl (C=O) groups excluding carboxylic acids is 3. The number of carboxylic acid groups (broad SMARTS) is 1. The van der Waals surface area contributed by atoms with Gasteiger partial charge in [-0.1, -0.05) is 13.8 Å². The van der Waals surface area contributed by atoms with Gasteiger partial charge >= 0.3 is 5.97 Å². The number of nitrogens with one attached hydrogen (secondary N) is 3. The van der Waals surface area contributed by atoms with Gasteiger partial charge in [-0.2, -0.15) is 11.8 Å². The predicted molar refractivity (Wildman–Crippen MR) is 131 cm³/mol. The van der Waals surface area contributed by atoms with Gasteiger partial charge in [-0.25, -0.2) is 4.79 Å². The lowest BCUT2D eigenvalue weighted by molar-refractivity contribution is -0.142. The molecule has 0 bridgehead atoms. The number of aliphatic hydroxyl groups is 1. The van der Waals surface area contributed by atoms with E-state index in [-0.39, 0.29) is 31.3 Å². The highest BCUT2D eigenvalue weighted by Gasteiger charge is 2.32. The summed E-state index contributed by atoms with van der Waals surface area (Å²) in [6.45, 7) is 4.95. The first-order chi connectivity index (χ1) is 15.8. The van der Waals surface area contributed by atoms with Gasteiger partial charge in [0.15, 0.2) is 5.96 Å². The molecule has 0 fully saturated rings. The molecule has 0 aliphatic heterocycles. The van der Waals surface area contributed by atoms with Crippen LogP contribution in [0, 0.1) is 5.92 Å². The number of rotatable bonds is 16. The Balaban J connectivity index is 5.33. The van der Waals surface area contributed by atoms with Gasteiger partial charge < -0.3 is 43.4 Å². The molecule has 11 N–H and O–H groups in total. The molecule has 0 spiro atoms. The van der Waals surface area contributed by atoms with Crippen molar-refractivity contribution in [2.24, 2.45) is 28.1 Å². The summed E-state index contributed by atoms with van der Waals surface area (Å²) >= 11 is 1.46. The van der Waals surface area contributed by atoms with Crippen LogP contribution >= 0.6 is 11.8 Å². The van der Waals surface area contributed by atoms with E-state index >= 15 is 0 Å². The Morgan fingerprint density at radius 2 is 1.53 bits per heavy atom. The molecule has 0 heterocycles. The minimum Gasteiger partial charge on any atom is -0.480 e. The van der Waals surface area contributed by atoms with Crippen LogP contribution in [0.3, 0.4) is 0 Å². The van der Waals surface area contributed by atoms with Crippen LogP contribution in [0.15, 0.2) is 4.99 Å². The quantitative estimate of drug-likeness (QED) is 0.0634. The van der Waals surface area contributed by atoms with Crippen molar-refractivity contribution in [3.8, 4) is 0 Å². The van der Waals surface area contributed by atoms with Crippen molar-refractivity contribution in [1.29, 1.82) is 0 Å². The molecular formula is C20H39N7O6S. The first-order valence-corrected chi connectivity index (χ1v) is 12.3. The SMILES string of the molecule is CSCCC(NC(=O)C(N)C(C)O)C(=O)NC(C(=O)NC(CCCN=C(N)N)C(=O)O)C(C)C. The molecule has 196 valence electrons. The second-order valence-electron chi connectivity index (χ2n) is 8.19. The van der Waals surface area contributed by atoms with E-state index in [1.54, 1.807) is 13.8 Å². The molecule has 34 heavy (non-hydrogen) atoms. The van der Waals surface area contributed by atoms with E-state index in [2.05, 4.69) is 20.9 Å². The van der Waals surface area contributed by atoms with Crippen LogP contribution in [-0.2, 0) is 19.2 Å². The number of carboxylic acids is 1. The van der Waals surface area contributed by atoms with E-state index in [4.69, 9.17) is 17.2 Å². The van der Waals surface area contributed by atoms with Crippen molar-refractivity contribution < 1.29 is 29.4 Å². The molecule has 0 aliphatic carbocycles. The number of amides is 3. The molecule has 13 nitrogen and oxygen atoms in total. The highest BCUT2D eigenvalue weighted by Crippen LogP contribution is 2.08. The Bertz CT molecular complexity index is 716. The maximum Gasteiger partial charge on any atom is 0.326 e. The molecular weight excluding hydrogens is 466 g/mol. The maximum absolute atomic E-state index is 12.9. The third kappa shape index (κ3) is 12.0. The summed E-state index contributed by atoms with van der Waals surface area (Å²) in [7, 11) is 0. The Morgan fingerprint density at radius 3 is 2.00 bits per heavy atom. The number of aliphatic hydroxyl groups excluding tert-OH is 1. The monoisotopic (exact) mass is 505 g/mol. The maximum atomic E-state index is 12.9. The third-order valence-corrected chi connectivity index (χ3v) is 5.52. The van der Waals surface area contributed by atoms with Crippen LogP contribution in [-0.4, -0.2) is 88.7 Å². The topological polar surface area (TPSA) is 235 Å². The number of nitrogens with two attached hydrogens (primary N) is 3. The number of carbonyl (C=O) groups is 4. The largest absolute Gasteiger partial charge is 0.480 e. The summed E-state index contributed by atoms with van der Waals surface area (Å²) in [5.41, 5.74) is 16.1. The van der Waals surface area contributed by atoms with Crippen molar-refractivity contribution in [2.45, 2.75) is 70.3 Å². The highest BCUT2D eigenvalue weighted by atomic mass is 32.2. The molecule has 5 atom stereocenters. The molecule has 3 amide bonds. The smallest absolute Gasteiger partial charge is 0.326 e. The van der Waals surface area contributed by atoms with Crippen LogP contribution in [0.4, 0.5) is 0 Å². The van der Waals surface area contributed by atoms with Crippen LogP contribution in [0.1, 0.15) is 40.0 Å². The summed E-state index contributed by atoms with van der Waals surface area (Å²) in [6.07, 6.45) is 1.39. The van der Waals surface area contributed by atoms with Gasteiger partial charge in [0.1, 0.15) is 24.2 Å². The predicted octanol–water partition coefficient (Wildman–Crippen LogP) is -2.30.